The van der Waals surface area contributed by atoms with Gasteiger partial charge in [-0.2, -0.15) is 0 Å². The van der Waals surface area contributed by atoms with Crippen LogP contribution in [0.2, 0.25) is 5.25 Å². The molecule has 0 aliphatic heterocycles. The summed E-state index contributed by atoms with van der Waals surface area (Å²) in [7, 11) is 4.46. The average Bonchev–Trinajstić information content (AvgIpc) is 2.53. The van der Waals surface area contributed by atoms with Gasteiger partial charge in [-0.1, -0.05) is 0 Å². The van der Waals surface area contributed by atoms with Crippen LogP contribution in [0.4, 0.5) is 0 Å². The third-order valence-electron chi connectivity index (χ3n) is 4.08. The van der Waals surface area contributed by atoms with Crippen LogP contribution in [0.3, 0.4) is 0 Å². The van der Waals surface area contributed by atoms with Crippen molar-refractivity contribution in [1.82, 2.24) is 3.86 Å². The van der Waals surface area contributed by atoms with E-state index in [0.717, 1.165) is 18.5 Å². The fourth-order valence-electron chi connectivity index (χ4n) is 2.99. The molecule has 112 valence electrons. The zero-order valence-corrected chi connectivity index (χ0v) is 15.3. The summed E-state index contributed by atoms with van der Waals surface area (Å²) in [6.45, 7) is 3.68. The molecule has 0 aliphatic carbocycles. The second-order valence-electron chi connectivity index (χ2n) is 5.43. The van der Waals surface area contributed by atoms with E-state index in [-0.39, 0.29) is 0 Å². The molecule has 0 N–H and O–H groups in total. The van der Waals surface area contributed by atoms with Gasteiger partial charge >= 0.3 is 131 Å². The summed E-state index contributed by atoms with van der Waals surface area (Å²) in [6.07, 6.45) is 0. The first-order valence-electron chi connectivity index (χ1n) is 7.58. The molecule has 0 saturated heterocycles. The SMILES string of the molecule is CCOC[CH2][Ge]([c]1ccccc1)([c]1ccccc1)[N](C)C. The van der Waals surface area contributed by atoms with E-state index in [1.54, 1.807) is 0 Å². The van der Waals surface area contributed by atoms with Crippen LogP contribution in [0.25, 0.3) is 0 Å². The molecule has 2 aromatic carbocycles. The zero-order chi connectivity index (χ0) is 15.1. The van der Waals surface area contributed by atoms with Gasteiger partial charge in [0.1, 0.15) is 0 Å². The van der Waals surface area contributed by atoms with E-state index >= 15 is 0 Å². The summed E-state index contributed by atoms with van der Waals surface area (Å²) in [5, 5.41) is 1.12. The van der Waals surface area contributed by atoms with Crippen molar-refractivity contribution in [1.29, 1.82) is 0 Å². The third kappa shape index (κ3) is 3.57. The molecule has 0 unspecified atom stereocenters. The van der Waals surface area contributed by atoms with E-state index in [4.69, 9.17) is 4.74 Å². The van der Waals surface area contributed by atoms with Crippen LogP contribution in [0.5, 0.6) is 0 Å². The van der Waals surface area contributed by atoms with Gasteiger partial charge in [-0.15, -0.1) is 0 Å². The van der Waals surface area contributed by atoms with Crippen LogP contribution >= 0.6 is 0 Å². The first kappa shape index (κ1) is 16.3. The molecule has 2 nitrogen and oxygen atoms in total. The van der Waals surface area contributed by atoms with Gasteiger partial charge in [-0.3, -0.25) is 0 Å². The predicted molar refractivity (Wildman–Crippen MR) is 92.9 cm³/mol. The van der Waals surface area contributed by atoms with Crippen molar-refractivity contribution in [3.8, 4) is 0 Å². The van der Waals surface area contributed by atoms with Crippen molar-refractivity contribution in [2.24, 2.45) is 0 Å². The Morgan fingerprint density at radius 3 is 1.71 bits per heavy atom. The van der Waals surface area contributed by atoms with Crippen LogP contribution in [-0.4, -0.2) is 44.7 Å². The Hall–Kier alpha value is -1.10. The molecule has 0 saturated carbocycles. The maximum atomic E-state index is 5.70. The number of hydrogen-bond acceptors (Lipinski definition) is 2. The number of nitrogens with zero attached hydrogens (tertiary/aromatic N) is 1. The number of benzene rings is 2. The third-order valence-corrected chi connectivity index (χ3v) is 14.6. The molecule has 0 atom stereocenters. The minimum absolute atomic E-state index is 0.787. The van der Waals surface area contributed by atoms with E-state index in [1.807, 2.05) is 0 Å². The monoisotopic (exact) mass is 345 g/mol. The van der Waals surface area contributed by atoms with Crippen LogP contribution in [-0.2, 0) is 4.74 Å². The second-order valence-corrected chi connectivity index (χ2v) is 14.4. The van der Waals surface area contributed by atoms with Gasteiger partial charge in [0.15, 0.2) is 0 Å². The number of hydrogen-bond donors (Lipinski definition) is 0. The Morgan fingerprint density at radius 2 is 1.33 bits per heavy atom. The molecule has 0 aromatic heterocycles. The molecule has 0 heterocycles. The fraction of sp³-hybridized carbons (Fsp3) is 0.333. The number of ether oxygens (including phenoxy) is 1. The molecular weight excluding hydrogens is 319 g/mol. The van der Waals surface area contributed by atoms with Crippen molar-refractivity contribution >= 4 is 22.3 Å². The Bertz CT molecular complexity index is 488. The first-order valence-corrected chi connectivity index (χ1v) is 12.1. The van der Waals surface area contributed by atoms with E-state index in [2.05, 4.69) is 85.5 Å². The Balaban J connectivity index is 2.50. The van der Waals surface area contributed by atoms with Gasteiger partial charge in [-0.05, 0) is 0 Å². The summed E-state index contributed by atoms with van der Waals surface area (Å²) < 4.78 is 11.2. The number of rotatable bonds is 7. The van der Waals surface area contributed by atoms with E-state index in [9.17, 15) is 0 Å². The molecule has 0 aliphatic rings. The summed E-state index contributed by atoms with van der Waals surface area (Å²) in [4.78, 5) is 0. The molecule has 2 aromatic rings. The Labute approximate surface area is 131 Å². The normalized spacial score (nSPS) is 11.8. The molecule has 0 spiro atoms. The first-order chi connectivity index (χ1) is 10.2. The Kier molecular flexibility index (Phi) is 6.03. The van der Waals surface area contributed by atoms with Crippen LogP contribution in [0, 0.1) is 0 Å². The molecule has 3 heteroatoms. The van der Waals surface area contributed by atoms with Crippen molar-refractivity contribution in [2.45, 2.75) is 12.2 Å². The topological polar surface area (TPSA) is 12.5 Å². The molecular formula is C18H25GeNO. The van der Waals surface area contributed by atoms with Crippen LogP contribution in [0.15, 0.2) is 60.7 Å². The van der Waals surface area contributed by atoms with Crippen LogP contribution in [0.1, 0.15) is 6.92 Å². The Morgan fingerprint density at radius 1 is 0.857 bits per heavy atom. The summed E-state index contributed by atoms with van der Waals surface area (Å²) in [5.41, 5.74) is 0. The fourth-order valence-corrected chi connectivity index (χ4v) is 12.0. The summed E-state index contributed by atoms with van der Waals surface area (Å²) >= 11 is -2.58. The molecule has 0 bridgehead atoms. The van der Waals surface area contributed by atoms with Gasteiger partial charge < -0.3 is 0 Å². The van der Waals surface area contributed by atoms with Crippen molar-refractivity contribution in [3.63, 3.8) is 0 Å². The average molecular weight is 344 g/mol. The van der Waals surface area contributed by atoms with E-state index < -0.39 is 13.5 Å². The molecule has 21 heavy (non-hydrogen) atoms. The molecule has 0 radical (unpaired) electrons. The summed E-state index contributed by atoms with van der Waals surface area (Å²) in [5.74, 6) is 0. The standard InChI is InChI=1S/C18H25GeNO/c1-4-21-16-15-19(20(2)3,17-11-7-5-8-12-17)18-13-9-6-10-14-18/h5-14H,4,15-16H2,1-3H3. The van der Waals surface area contributed by atoms with Gasteiger partial charge in [0, 0.05) is 0 Å². The van der Waals surface area contributed by atoms with E-state index in [0.29, 0.717) is 0 Å². The minimum atomic E-state index is -2.58. The maximum absolute atomic E-state index is 5.70. The van der Waals surface area contributed by atoms with Gasteiger partial charge in [0.25, 0.3) is 0 Å². The van der Waals surface area contributed by atoms with Gasteiger partial charge in [0.05, 0.1) is 0 Å². The van der Waals surface area contributed by atoms with Gasteiger partial charge in [-0.25, -0.2) is 0 Å². The van der Waals surface area contributed by atoms with Crippen molar-refractivity contribution < 1.29 is 4.74 Å². The van der Waals surface area contributed by atoms with Crippen molar-refractivity contribution in [3.05, 3.63) is 60.7 Å². The van der Waals surface area contributed by atoms with Crippen molar-refractivity contribution in [2.75, 3.05) is 27.3 Å². The zero-order valence-electron chi connectivity index (χ0n) is 13.3. The molecule has 0 amide bonds. The van der Waals surface area contributed by atoms with E-state index in [1.165, 1.54) is 8.79 Å². The molecule has 2 rings (SSSR count). The summed E-state index contributed by atoms with van der Waals surface area (Å²) in [6, 6.07) is 22.0. The predicted octanol–water partition coefficient (Wildman–Crippen LogP) is 2.34. The van der Waals surface area contributed by atoms with Gasteiger partial charge in [0.2, 0.25) is 0 Å². The molecule has 0 fully saturated rings. The van der Waals surface area contributed by atoms with Crippen LogP contribution < -0.4 is 8.79 Å². The quantitative estimate of drug-likeness (QED) is 0.565. The second kappa shape index (κ2) is 7.78.